The van der Waals surface area contributed by atoms with Crippen molar-refractivity contribution in [2.75, 3.05) is 6.54 Å². The fourth-order valence-electron chi connectivity index (χ4n) is 2.03. The van der Waals surface area contributed by atoms with Crippen molar-refractivity contribution in [1.29, 1.82) is 0 Å². The first-order valence-electron chi connectivity index (χ1n) is 7.90. The van der Waals surface area contributed by atoms with E-state index in [1.165, 1.54) is 0 Å². The molecule has 23 heavy (non-hydrogen) atoms. The van der Waals surface area contributed by atoms with E-state index >= 15 is 0 Å². The standard InChI is InChI=1S/C18H29FN2O2/c1-12-8-9-14(10-15(12)19)13(2)20-11-18(6,7)21-16(22)23-17(3,4)5/h8-10,13,20H,11H2,1-7H3,(H,21,22). The summed E-state index contributed by atoms with van der Waals surface area (Å²) >= 11 is 0. The molecule has 0 aromatic heterocycles. The first-order valence-corrected chi connectivity index (χ1v) is 7.90. The predicted octanol–water partition coefficient (Wildman–Crippen LogP) is 4.09. The maximum Gasteiger partial charge on any atom is 0.408 e. The lowest BCUT2D eigenvalue weighted by molar-refractivity contribution is 0.0471. The Morgan fingerprint density at radius 2 is 1.87 bits per heavy atom. The van der Waals surface area contributed by atoms with Crippen molar-refractivity contribution in [2.45, 2.75) is 65.6 Å². The van der Waals surface area contributed by atoms with E-state index in [9.17, 15) is 9.18 Å². The molecule has 1 aromatic carbocycles. The Kier molecular flexibility index (Phi) is 6.17. The molecule has 0 aliphatic rings. The van der Waals surface area contributed by atoms with Gasteiger partial charge in [0.15, 0.2) is 0 Å². The summed E-state index contributed by atoms with van der Waals surface area (Å²) in [5.74, 6) is -0.206. The molecule has 1 unspecified atom stereocenters. The number of halogens is 1. The Morgan fingerprint density at radius 1 is 1.26 bits per heavy atom. The van der Waals surface area contributed by atoms with Crippen LogP contribution in [-0.2, 0) is 4.74 Å². The van der Waals surface area contributed by atoms with E-state index in [1.54, 1.807) is 19.1 Å². The lowest BCUT2D eigenvalue weighted by Crippen LogP contribution is -2.51. The maximum absolute atomic E-state index is 13.6. The van der Waals surface area contributed by atoms with E-state index < -0.39 is 17.2 Å². The van der Waals surface area contributed by atoms with Crippen LogP contribution in [0, 0.1) is 12.7 Å². The summed E-state index contributed by atoms with van der Waals surface area (Å²) in [6.45, 7) is 13.5. The number of benzene rings is 1. The molecule has 1 atom stereocenters. The predicted molar refractivity (Wildman–Crippen MR) is 91.0 cm³/mol. The first kappa shape index (κ1) is 19.4. The van der Waals surface area contributed by atoms with Gasteiger partial charge in [-0.15, -0.1) is 0 Å². The molecule has 0 saturated carbocycles. The Morgan fingerprint density at radius 3 is 2.39 bits per heavy atom. The van der Waals surface area contributed by atoms with Crippen LogP contribution in [0.4, 0.5) is 9.18 Å². The van der Waals surface area contributed by atoms with Gasteiger partial charge in [-0.25, -0.2) is 9.18 Å². The molecule has 0 radical (unpaired) electrons. The lowest BCUT2D eigenvalue weighted by Gasteiger charge is -2.30. The van der Waals surface area contributed by atoms with Gasteiger partial charge >= 0.3 is 6.09 Å². The Bertz CT molecular complexity index is 550. The Hall–Kier alpha value is -1.62. The molecular weight excluding hydrogens is 295 g/mol. The number of carbonyl (C=O) groups excluding carboxylic acids is 1. The number of hydrogen-bond donors (Lipinski definition) is 2. The molecule has 0 bridgehead atoms. The minimum Gasteiger partial charge on any atom is -0.444 e. The van der Waals surface area contributed by atoms with Crippen LogP contribution in [0.5, 0.6) is 0 Å². The van der Waals surface area contributed by atoms with Gasteiger partial charge in [-0.2, -0.15) is 0 Å². The van der Waals surface area contributed by atoms with Crippen molar-refractivity contribution < 1.29 is 13.9 Å². The van der Waals surface area contributed by atoms with Crippen LogP contribution in [0.1, 0.15) is 58.7 Å². The quantitative estimate of drug-likeness (QED) is 0.858. The van der Waals surface area contributed by atoms with Crippen molar-refractivity contribution in [3.05, 3.63) is 35.1 Å². The van der Waals surface area contributed by atoms with E-state index in [1.807, 2.05) is 47.6 Å². The third kappa shape index (κ3) is 6.99. The first-order chi connectivity index (χ1) is 10.4. The number of amides is 1. The highest BCUT2D eigenvalue weighted by atomic mass is 19.1. The largest absolute Gasteiger partial charge is 0.444 e. The van der Waals surface area contributed by atoms with Gasteiger partial charge in [0.2, 0.25) is 0 Å². The van der Waals surface area contributed by atoms with Gasteiger partial charge in [-0.05, 0) is 65.7 Å². The molecule has 0 fully saturated rings. The summed E-state index contributed by atoms with van der Waals surface area (Å²) in [6, 6.07) is 5.20. The third-order valence-corrected chi connectivity index (χ3v) is 3.39. The molecule has 0 saturated heterocycles. The van der Waals surface area contributed by atoms with E-state index in [4.69, 9.17) is 4.74 Å². The Labute approximate surface area is 138 Å². The lowest BCUT2D eigenvalue weighted by atomic mass is 10.0. The Balaban J connectivity index is 2.57. The highest BCUT2D eigenvalue weighted by molar-refractivity contribution is 5.68. The van der Waals surface area contributed by atoms with Gasteiger partial charge in [-0.3, -0.25) is 0 Å². The van der Waals surface area contributed by atoms with Crippen molar-refractivity contribution in [3.8, 4) is 0 Å². The summed E-state index contributed by atoms with van der Waals surface area (Å²) < 4.78 is 18.9. The van der Waals surface area contributed by atoms with Gasteiger partial charge < -0.3 is 15.4 Å². The number of ether oxygens (including phenoxy) is 1. The maximum atomic E-state index is 13.6. The van der Waals surface area contributed by atoms with Crippen molar-refractivity contribution in [3.63, 3.8) is 0 Å². The van der Waals surface area contributed by atoms with Gasteiger partial charge in [0.25, 0.3) is 0 Å². The number of rotatable bonds is 5. The number of nitrogens with one attached hydrogen (secondary N) is 2. The molecule has 5 heteroatoms. The molecule has 0 spiro atoms. The van der Waals surface area contributed by atoms with Crippen LogP contribution in [-0.4, -0.2) is 23.8 Å². The molecule has 4 nitrogen and oxygen atoms in total. The second-order valence-corrected chi connectivity index (χ2v) is 7.62. The average Bonchev–Trinajstić information content (AvgIpc) is 2.36. The summed E-state index contributed by atoms with van der Waals surface area (Å²) in [4.78, 5) is 11.9. The second-order valence-electron chi connectivity index (χ2n) is 7.62. The fourth-order valence-corrected chi connectivity index (χ4v) is 2.03. The minimum atomic E-state index is -0.527. The summed E-state index contributed by atoms with van der Waals surface area (Å²) in [7, 11) is 0. The van der Waals surface area contributed by atoms with Crippen LogP contribution in [0.25, 0.3) is 0 Å². The zero-order chi connectivity index (χ0) is 17.8. The number of alkyl carbamates (subject to hydrolysis) is 1. The van der Waals surface area contributed by atoms with Gasteiger partial charge in [-0.1, -0.05) is 12.1 Å². The normalized spacial score (nSPS) is 13.6. The number of carbonyl (C=O) groups is 1. The van der Waals surface area contributed by atoms with E-state index in [-0.39, 0.29) is 11.9 Å². The molecule has 1 rings (SSSR count). The summed E-state index contributed by atoms with van der Waals surface area (Å²) in [6.07, 6.45) is -0.446. The number of aryl methyl sites for hydroxylation is 1. The smallest absolute Gasteiger partial charge is 0.408 e. The number of hydrogen-bond acceptors (Lipinski definition) is 3. The zero-order valence-corrected chi connectivity index (χ0v) is 15.2. The molecule has 1 aromatic rings. The monoisotopic (exact) mass is 324 g/mol. The molecule has 0 heterocycles. The molecule has 0 aliphatic heterocycles. The average molecular weight is 324 g/mol. The van der Waals surface area contributed by atoms with Gasteiger partial charge in [0, 0.05) is 12.6 Å². The third-order valence-electron chi connectivity index (χ3n) is 3.39. The minimum absolute atomic E-state index is 0.0233. The molecule has 130 valence electrons. The highest BCUT2D eigenvalue weighted by Gasteiger charge is 2.25. The van der Waals surface area contributed by atoms with Crippen LogP contribution < -0.4 is 10.6 Å². The van der Waals surface area contributed by atoms with Crippen LogP contribution in [0.3, 0.4) is 0 Å². The van der Waals surface area contributed by atoms with Crippen LogP contribution in [0.15, 0.2) is 18.2 Å². The van der Waals surface area contributed by atoms with E-state index in [2.05, 4.69) is 10.6 Å². The second kappa shape index (κ2) is 7.30. The van der Waals surface area contributed by atoms with Gasteiger partial charge in [0.1, 0.15) is 11.4 Å². The molecule has 2 N–H and O–H groups in total. The van der Waals surface area contributed by atoms with Crippen LogP contribution in [0.2, 0.25) is 0 Å². The van der Waals surface area contributed by atoms with Crippen molar-refractivity contribution in [1.82, 2.24) is 10.6 Å². The van der Waals surface area contributed by atoms with Gasteiger partial charge in [0.05, 0.1) is 5.54 Å². The molecule has 1 amide bonds. The topological polar surface area (TPSA) is 50.4 Å². The van der Waals surface area contributed by atoms with E-state index in [0.29, 0.717) is 12.1 Å². The zero-order valence-electron chi connectivity index (χ0n) is 15.2. The SMILES string of the molecule is Cc1ccc(C(C)NCC(C)(C)NC(=O)OC(C)(C)C)cc1F. The summed E-state index contributed by atoms with van der Waals surface area (Å²) in [5.41, 5.74) is 0.495. The van der Waals surface area contributed by atoms with E-state index in [0.717, 1.165) is 5.56 Å². The van der Waals surface area contributed by atoms with Crippen LogP contribution >= 0.6 is 0 Å². The molecular formula is C18H29FN2O2. The van der Waals surface area contributed by atoms with Crippen molar-refractivity contribution >= 4 is 6.09 Å². The van der Waals surface area contributed by atoms with Crippen molar-refractivity contribution in [2.24, 2.45) is 0 Å². The molecule has 0 aliphatic carbocycles. The summed E-state index contributed by atoms with van der Waals surface area (Å²) in [5, 5.41) is 6.16. The fraction of sp³-hybridized carbons (Fsp3) is 0.611. The highest BCUT2D eigenvalue weighted by Crippen LogP contribution is 2.17.